The van der Waals surface area contributed by atoms with E-state index in [2.05, 4.69) is 22.3 Å². The van der Waals surface area contributed by atoms with E-state index >= 15 is 0 Å². The molecule has 158 valence electrons. The average Bonchev–Trinajstić information content (AvgIpc) is 3.62. The molecule has 0 aliphatic carbocycles. The van der Waals surface area contributed by atoms with Crippen LogP contribution in [0.1, 0.15) is 29.1 Å². The third-order valence-corrected chi connectivity index (χ3v) is 7.79. The summed E-state index contributed by atoms with van der Waals surface area (Å²) in [4.78, 5) is 15.5. The lowest BCUT2D eigenvalue weighted by Gasteiger charge is -2.20. The quantitative estimate of drug-likeness (QED) is 0.350. The van der Waals surface area contributed by atoms with Crippen LogP contribution in [0.15, 0.2) is 68.1 Å². The van der Waals surface area contributed by atoms with Gasteiger partial charge in [-0.15, -0.1) is 32.9 Å². The fraction of sp³-hybridized carbons (Fsp3) is 0.238. The summed E-state index contributed by atoms with van der Waals surface area (Å²) in [6.07, 6.45) is 2.34. The van der Waals surface area contributed by atoms with Gasteiger partial charge in [0.25, 0.3) is 5.91 Å². The molecular formula is C21H19N5O2S3. The van der Waals surface area contributed by atoms with Crippen molar-refractivity contribution in [1.29, 1.82) is 0 Å². The summed E-state index contributed by atoms with van der Waals surface area (Å²) in [5, 5.41) is 19.7. The van der Waals surface area contributed by atoms with Crippen molar-refractivity contribution < 1.29 is 9.21 Å². The molecular weight excluding hydrogens is 450 g/mol. The highest BCUT2D eigenvalue weighted by Gasteiger charge is 2.34. The molecule has 0 aromatic carbocycles. The van der Waals surface area contributed by atoms with Crippen LogP contribution in [0.5, 0.6) is 0 Å². The highest BCUT2D eigenvalue weighted by molar-refractivity contribution is 7.99. The number of carbonyl (C=O) groups excluding carboxylic acids is 1. The molecule has 31 heavy (non-hydrogen) atoms. The minimum absolute atomic E-state index is 0.0415. The first kappa shape index (κ1) is 20.2. The first-order valence-corrected chi connectivity index (χ1v) is 12.6. The van der Waals surface area contributed by atoms with Gasteiger partial charge < -0.3 is 4.42 Å². The molecule has 0 fully saturated rings. The Hall–Kier alpha value is -2.69. The Morgan fingerprint density at radius 2 is 2.06 bits per heavy atom. The molecule has 1 aliphatic heterocycles. The summed E-state index contributed by atoms with van der Waals surface area (Å²) in [5.74, 6) is 1.52. The molecule has 5 heterocycles. The van der Waals surface area contributed by atoms with Crippen molar-refractivity contribution in [2.45, 2.75) is 31.1 Å². The predicted molar refractivity (Wildman–Crippen MR) is 124 cm³/mol. The number of aromatic nitrogens is 3. The van der Waals surface area contributed by atoms with Crippen molar-refractivity contribution in [2.24, 2.45) is 5.10 Å². The Morgan fingerprint density at radius 1 is 1.19 bits per heavy atom. The fourth-order valence-corrected chi connectivity index (χ4v) is 5.88. The highest BCUT2D eigenvalue weighted by Crippen LogP contribution is 2.36. The van der Waals surface area contributed by atoms with Crippen LogP contribution in [0, 0.1) is 0 Å². The van der Waals surface area contributed by atoms with Crippen LogP contribution < -0.4 is 0 Å². The molecule has 0 bridgehead atoms. The first-order valence-electron chi connectivity index (χ1n) is 9.81. The fourth-order valence-electron chi connectivity index (χ4n) is 3.50. The van der Waals surface area contributed by atoms with Crippen molar-refractivity contribution in [3.8, 4) is 11.6 Å². The molecule has 0 spiro atoms. The third kappa shape index (κ3) is 3.98. The van der Waals surface area contributed by atoms with Gasteiger partial charge in [-0.25, -0.2) is 5.01 Å². The number of hydrogen-bond donors (Lipinski definition) is 0. The topological polar surface area (TPSA) is 76.5 Å². The molecule has 10 heteroatoms. The van der Waals surface area contributed by atoms with Gasteiger partial charge in [-0.05, 0) is 41.9 Å². The third-order valence-electron chi connectivity index (χ3n) is 4.94. The van der Waals surface area contributed by atoms with Crippen molar-refractivity contribution in [1.82, 2.24) is 19.8 Å². The van der Waals surface area contributed by atoms with E-state index in [1.807, 2.05) is 46.5 Å². The number of amides is 1. The summed E-state index contributed by atoms with van der Waals surface area (Å²) in [5.41, 5.74) is 0.962. The lowest BCUT2D eigenvalue weighted by molar-refractivity contribution is -0.130. The normalized spacial score (nSPS) is 16.1. The van der Waals surface area contributed by atoms with Crippen molar-refractivity contribution in [2.75, 3.05) is 5.75 Å². The highest BCUT2D eigenvalue weighted by atomic mass is 32.2. The number of hydrazone groups is 1. The van der Waals surface area contributed by atoms with Crippen LogP contribution in [0.4, 0.5) is 0 Å². The molecule has 0 saturated heterocycles. The second kappa shape index (κ2) is 8.81. The smallest absolute Gasteiger partial charge is 0.253 e. The number of thiophene rings is 2. The Morgan fingerprint density at radius 3 is 2.77 bits per heavy atom. The van der Waals surface area contributed by atoms with Crippen LogP contribution in [0.25, 0.3) is 11.6 Å². The van der Waals surface area contributed by atoms with E-state index in [4.69, 9.17) is 9.52 Å². The van der Waals surface area contributed by atoms with Crippen LogP contribution in [-0.2, 0) is 11.3 Å². The molecule has 1 aliphatic rings. The van der Waals surface area contributed by atoms with E-state index in [1.165, 1.54) is 11.8 Å². The standard InChI is InChI=1S/C21H19N5O2S3/c1-2-25-20(16-6-3-9-28-16)22-23-21(25)31-13-19(27)26-15(18-8-5-11-30-18)12-14(24-26)17-7-4-10-29-17/h3-11,15H,2,12-13H2,1H3/t15-/m0/s1. The largest absolute Gasteiger partial charge is 0.461 e. The number of furan rings is 1. The number of hydrogen-bond acceptors (Lipinski definition) is 8. The molecule has 4 aromatic rings. The van der Waals surface area contributed by atoms with Gasteiger partial charge in [0.1, 0.15) is 0 Å². The van der Waals surface area contributed by atoms with Gasteiger partial charge in [-0.3, -0.25) is 9.36 Å². The summed E-state index contributed by atoms with van der Waals surface area (Å²) < 4.78 is 7.42. The molecule has 1 amide bonds. The molecule has 7 nitrogen and oxygen atoms in total. The maximum Gasteiger partial charge on any atom is 0.253 e. The Bertz CT molecular complexity index is 1180. The Labute approximate surface area is 191 Å². The van der Waals surface area contributed by atoms with Gasteiger partial charge in [0.15, 0.2) is 16.7 Å². The molecule has 0 N–H and O–H groups in total. The van der Waals surface area contributed by atoms with E-state index < -0.39 is 0 Å². The van der Waals surface area contributed by atoms with Gasteiger partial charge >= 0.3 is 0 Å². The van der Waals surface area contributed by atoms with Gasteiger partial charge in [0.05, 0.1) is 28.6 Å². The van der Waals surface area contributed by atoms with Crippen molar-refractivity contribution >= 4 is 46.1 Å². The SMILES string of the molecule is CCn1c(SCC(=O)N2N=C(c3cccs3)C[C@H]2c2cccs2)nnc1-c1ccco1. The van der Waals surface area contributed by atoms with Crippen molar-refractivity contribution in [3.63, 3.8) is 0 Å². The summed E-state index contributed by atoms with van der Waals surface area (Å²) in [6.45, 7) is 2.70. The summed E-state index contributed by atoms with van der Waals surface area (Å²) >= 11 is 4.68. The van der Waals surface area contributed by atoms with Gasteiger partial charge in [0.2, 0.25) is 0 Å². The number of carbonyl (C=O) groups is 1. The maximum absolute atomic E-state index is 13.2. The number of thioether (sulfide) groups is 1. The second-order valence-corrected chi connectivity index (χ2v) is 9.68. The van der Waals surface area contributed by atoms with E-state index in [9.17, 15) is 4.79 Å². The van der Waals surface area contributed by atoms with Crippen LogP contribution >= 0.6 is 34.4 Å². The number of rotatable bonds is 7. The summed E-state index contributed by atoms with van der Waals surface area (Å²) in [6, 6.07) is 11.8. The molecule has 0 saturated carbocycles. The average molecular weight is 470 g/mol. The monoisotopic (exact) mass is 469 g/mol. The van der Waals surface area contributed by atoms with Crippen molar-refractivity contribution in [3.05, 3.63) is 63.2 Å². The molecule has 0 unspecified atom stereocenters. The minimum Gasteiger partial charge on any atom is -0.461 e. The lowest BCUT2D eigenvalue weighted by Crippen LogP contribution is -2.28. The van der Waals surface area contributed by atoms with Gasteiger partial charge in [-0.1, -0.05) is 23.9 Å². The zero-order valence-electron chi connectivity index (χ0n) is 16.7. The Kier molecular flexibility index (Phi) is 5.75. The van der Waals surface area contributed by atoms with E-state index in [-0.39, 0.29) is 17.7 Å². The van der Waals surface area contributed by atoms with Crippen LogP contribution in [0.3, 0.4) is 0 Å². The van der Waals surface area contributed by atoms with Gasteiger partial charge in [0, 0.05) is 17.8 Å². The molecule has 0 radical (unpaired) electrons. The predicted octanol–water partition coefficient (Wildman–Crippen LogP) is 5.15. The molecule has 1 atom stereocenters. The molecule has 4 aromatic heterocycles. The van der Waals surface area contributed by atoms with Crippen LogP contribution in [-0.4, -0.2) is 37.1 Å². The van der Waals surface area contributed by atoms with Crippen LogP contribution in [0.2, 0.25) is 0 Å². The second-order valence-electron chi connectivity index (χ2n) is 6.81. The number of nitrogens with zero attached hydrogens (tertiary/aromatic N) is 5. The lowest BCUT2D eigenvalue weighted by atomic mass is 10.1. The van der Waals surface area contributed by atoms with E-state index in [1.54, 1.807) is 33.9 Å². The summed E-state index contributed by atoms with van der Waals surface area (Å²) in [7, 11) is 0. The Balaban J connectivity index is 1.35. The van der Waals surface area contributed by atoms with Gasteiger partial charge in [-0.2, -0.15) is 5.10 Å². The minimum atomic E-state index is -0.0621. The first-order chi connectivity index (χ1) is 15.2. The molecule has 5 rings (SSSR count). The zero-order chi connectivity index (χ0) is 21.2. The van der Waals surface area contributed by atoms with E-state index in [0.29, 0.717) is 23.3 Å². The van der Waals surface area contributed by atoms with E-state index in [0.717, 1.165) is 21.9 Å². The zero-order valence-corrected chi connectivity index (χ0v) is 19.1. The maximum atomic E-state index is 13.2.